The molecule has 1 atom stereocenters. The van der Waals surface area contributed by atoms with E-state index in [0.29, 0.717) is 12.6 Å². The lowest BCUT2D eigenvalue weighted by atomic mass is 10.2. The number of nitrogens with two attached hydrogens (primary N) is 1. The molecular weight excluding hydrogens is 156 g/mol. The summed E-state index contributed by atoms with van der Waals surface area (Å²) >= 11 is 1.76. The van der Waals surface area contributed by atoms with E-state index in [-0.39, 0.29) is 0 Å². The van der Waals surface area contributed by atoms with Gasteiger partial charge in [0, 0.05) is 11.4 Å². The van der Waals surface area contributed by atoms with Crippen LogP contribution in [0.4, 0.5) is 0 Å². The highest BCUT2D eigenvalue weighted by atomic mass is 32.1. The van der Waals surface area contributed by atoms with Crippen molar-refractivity contribution in [3.63, 3.8) is 0 Å². The molecule has 3 heteroatoms. The Kier molecular flexibility index (Phi) is 3.05. The maximum Gasteiger partial charge on any atom is 0.0559 e. The highest BCUT2D eigenvalue weighted by Crippen LogP contribution is 2.21. The van der Waals surface area contributed by atoms with Crippen LogP contribution in [-0.4, -0.2) is 25.5 Å². The molecule has 0 fully saturated rings. The quantitative estimate of drug-likeness (QED) is 0.741. The molecule has 2 N–H and O–H groups in total. The summed E-state index contributed by atoms with van der Waals surface area (Å²) in [5.41, 5.74) is 5.63. The first kappa shape index (κ1) is 8.71. The van der Waals surface area contributed by atoms with Gasteiger partial charge >= 0.3 is 0 Å². The van der Waals surface area contributed by atoms with E-state index in [1.807, 2.05) is 0 Å². The van der Waals surface area contributed by atoms with Crippen molar-refractivity contribution >= 4 is 11.3 Å². The van der Waals surface area contributed by atoms with Crippen LogP contribution in [-0.2, 0) is 0 Å². The summed E-state index contributed by atoms with van der Waals surface area (Å²) in [4.78, 5) is 3.49. The van der Waals surface area contributed by atoms with E-state index < -0.39 is 0 Å². The van der Waals surface area contributed by atoms with E-state index >= 15 is 0 Å². The van der Waals surface area contributed by atoms with Crippen LogP contribution in [0.25, 0.3) is 0 Å². The third kappa shape index (κ3) is 2.02. The minimum Gasteiger partial charge on any atom is -0.329 e. The molecule has 0 unspecified atom stereocenters. The van der Waals surface area contributed by atoms with Crippen LogP contribution in [0, 0.1) is 0 Å². The minimum absolute atomic E-state index is 0.384. The summed E-state index contributed by atoms with van der Waals surface area (Å²) in [6, 6.07) is 4.57. The fourth-order valence-electron chi connectivity index (χ4n) is 1.06. The van der Waals surface area contributed by atoms with Crippen LogP contribution in [0.1, 0.15) is 10.9 Å². The summed E-state index contributed by atoms with van der Waals surface area (Å²) in [5.74, 6) is 0. The molecule has 11 heavy (non-hydrogen) atoms. The smallest absolute Gasteiger partial charge is 0.0559 e. The lowest BCUT2D eigenvalue weighted by Gasteiger charge is -2.20. The van der Waals surface area contributed by atoms with Crippen molar-refractivity contribution < 1.29 is 0 Å². The van der Waals surface area contributed by atoms with Gasteiger partial charge in [0.25, 0.3) is 0 Å². The first-order valence-electron chi connectivity index (χ1n) is 3.65. The third-order valence-corrected chi connectivity index (χ3v) is 2.69. The van der Waals surface area contributed by atoms with E-state index in [1.54, 1.807) is 11.3 Å². The maximum absolute atomic E-state index is 5.63. The zero-order chi connectivity index (χ0) is 8.27. The molecule has 0 aliphatic rings. The van der Waals surface area contributed by atoms with E-state index in [4.69, 9.17) is 5.73 Å². The molecule has 1 aromatic rings. The van der Waals surface area contributed by atoms with Crippen LogP contribution < -0.4 is 5.73 Å². The Hall–Kier alpha value is -0.380. The Morgan fingerprint density at radius 3 is 2.73 bits per heavy atom. The zero-order valence-corrected chi connectivity index (χ0v) is 7.77. The van der Waals surface area contributed by atoms with Gasteiger partial charge in [-0.15, -0.1) is 11.3 Å². The van der Waals surface area contributed by atoms with Crippen LogP contribution in [0.3, 0.4) is 0 Å². The molecule has 0 aliphatic carbocycles. The van der Waals surface area contributed by atoms with Gasteiger partial charge in [0.2, 0.25) is 0 Å². The largest absolute Gasteiger partial charge is 0.329 e. The lowest BCUT2D eigenvalue weighted by Crippen LogP contribution is -2.26. The van der Waals surface area contributed by atoms with Gasteiger partial charge in [-0.2, -0.15) is 0 Å². The predicted molar refractivity (Wildman–Crippen MR) is 49.8 cm³/mol. The Bertz CT molecular complexity index is 194. The zero-order valence-electron chi connectivity index (χ0n) is 6.95. The maximum atomic E-state index is 5.63. The number of nitrogens with zero attached hydrogens (tertiary/aromatic N) is 1. The molecule has 62 valence electrons. The monoisotopic (exact) mass is 170 g/mol. The molecule has 0 bridgehead atoms. The summed E-state index contributed by atoms with van der Waals surface area (Å²) in [5, 5.41) is 2.08. The summed E-state index contributed by atoms with van der Waals surface area (Å²) in [6.07, 6.45) is 0. The van der Waals surface area contributed by atoms with Crippen molar-refractivity contribution in [1.29, 1.82) is 0 Å². The standard InChI is InChI=1S/C8H14N2S/c1-10(2)7(6-9)8-4-3-5-11-8/h3-5,7H,6,9H2,1-2H3/t7-/m0/s1. The van der Waals surface area contributed by atoms with E-state index in [1.165, 1.54) is 4.88 Å². The van der Waals surface area contributed by atoms with Crippen molar-refractivity contribution in [1.82, 2.24) is 4.90 Å². The SMILES string of the molecule is CN(C)[C@@H](CN)c1cccs1. The van der Waals surface area contributed by atoms with Crippen molar-refractivity contribution in [3.8, 4) is 0 Å². The van der Waals surface area contributed by atoms with Crippen LogP contribution >= 0.6 is 11.3 Å². The van der Waals surface area contributed by atoms with Gasteiger partial charge in [0.15, 0.2) is 0 Å². The molecule has 0 aliphatic heterocycles. The first-order valence-corrected chi connectivity index (χ1v) is 4.53. The second kappa shape index (κ2) is 3.85. The van der Waals surface area contributed by atoms with Gasteiger partial charge in [0.1, 0.15) is 0 Å². The molecule has 1 rings (SSSR count). The van der Waals surface area contributed by atoms with Gasteiger partial charge in [0.05, 0.1) is 6.04 Å². The average molecular weight is 170 g/mol. The van der Waals surface area contributed by atoms with Gasteiger partial charge in [-0.25, -0.2) is 0 Å². The molecular formula is C8H14N2S. The van der Waals surface area contributed by atoms with Crippen molar-refractivity contribution in [2.45, 2.75) is 6.04 Å². The molecule has 0 radical (unpaired) electrons. The van der Waals surface area contributed by atoms with E-state index in [9.17, 15) is 0 Å². The molecule has 0 aromatic carbocycles. The highest BCUT2D eigenvalue weighted by Gasteiger charge is 2.11. The summed E-state index contributed by atoms with van der Waals surface area (Å²) < 4.78 is 0. The topological polar surface area (TPSA) is 29.3 Å². The van der Waals surface area contributed by atoms with Crippen molar-refractivity contribution in [2.24, 2.45) is 5.73 Å². The predicted octanol–water partition coefficient (Wildman–Crippen LogP) is 1.31. The summed E-state index contributed by atoms with van der Waals surface area (Å²) in [7, 11) is 4.11. The number of rotatable bonds is 3. The normalized spacial score (nSPS) is 13.8. The van der Waals surface area contributed by atoms with Crippen molar-refractivity contribution in [2.75, 3.05) is 20.6 Å². The third-order valence-electron chi connectivity index (χ3n) is 1.72. The second-order valence-electron chi connectivity index (χ2n) is 2.73. The van der Waals surface area contributed by atoms with E-state index in [0.717, 1.165) is 0 Å². The Labute approximate surface area is 71.6 Å². The van der Waals surface area contributed by atoms with Gasteiger partial charge in [-0.05, 0) is 25.5 Å². The van der Waals surface area contributed by atoms with Crippen LogP contribution in [0.2, 0.25) is 0 Å². The Morgan fingerprint density at radius 1 is 1.64 bits per heavy atom. The molecule has 2 nitrogen and oxygen atoms in total. The van der Waals surface area contributed by atoms with Crippen LogP contribution in [0.5, 0.6) is 0 Å². The average Bonchev–Trinajstić information content (AvgIpc) is 2.40. The molecule has 0 spiro atoms. The van der Waals surface area contributed by atoms with Crippen molar-refractivity contribution in [3.05, 3.63) is 22.4 Å². The highest BCUT2D eigenvalue weighted by molar-refractivity contribution is 7.10. The second-order valence-corrected chi connectivity index (χ2v) is 3.71. The lowest BCUT2D eigenvalue weighted by molar-refractivity contribution is 0.310. The Morgan fingerprint density at radius 2 is 2.36 bits per heavy atom. The number of hydrogen-bond donors (Lipinski definition) is 1. The molecule has 0 saturated heterocycles. The first-order chi connectivity index (χ1) is 5.25. The molecule has 0 amide bonds. The molecule has 0 saturated carbocycles. The fourth-order valence-corrected chi connectivity index (χ4v) is 2.00. The minimum atomic E-state index is 0.384. The van der Waals surface area contributed by atoms with Gasteiger partial charge in [-0.3, -0.25) is 0 Å². The van der Waals surface area contributed by atoms with E-state index in [2.05, 4.69) is 36.5 Å². The summed E-state index contributed by atoms with van der Waals surface area (Å²) in [6.45, 7) is 0.688. The molecule has 1 aromatic heterocycles. The number of hydrogen-bond acceptors (Lipinski definition) is 3. The molecule has 1 heterocycles. The number of likely N-dealkylation sites (N-methyl/N-ethyl adjacent to an activating group) is 1. The number of thiophene rings is 1. The fraction of sp³-hybridized carbons (Fsp3) is 0.500. The van der Waals surface area contributed by atoms with Gasteiger partial charge in [-0.1, -0.05) is 6.07 Å². The Balaban J connectivity index is 2.71. The van der Waals surface area contributed by atoms with Crippen LogP contribution in [0.15, 0.2) is 17.5 Å². The van der Waals surface area contributed by atoms with Gasteiger partial charge < -0.3 is 10.6 Å².